The molecule has 0 spiro atoms. The van der Waals surface area contributed by atoms with E-state index in [-0.39, 0.29) is 17.9 Å². The summed E-state index contributed by atoms with van der Waals surface area (Å²) in [6, 6.07) is 7.44. The molecule has 3 rings (SSSR count). The van der Waals surface area contributed by atoms with Gasteiger partial charge in [0.15, 0.2) is 5.69 Å². The minimum Gasteiger partial charge on any atom is -0.497 e. The van der Waals surface area contributed by atoms with E-state index in [9.17, 15) is 9.59 Å². The van der Waals surface area contributed by atoms with Gasteiger partial charge in [-0.25, -0.2) is 4.68 Å². The van der Waals surface area contributed by atoms with E-state index in [1.807, 2.05) is 38.1 Å². The number of nitrogens with one attached hydrogen (secondary N) is 1. The molecule has 150 valence electrons. The molecule has 1 saturated heterocycles. The van der Waals surface area contributed by atoms with E-state index >= 15 is 0 Å². The summed E-state index contributed by atoms with van der Waals surface area (Å²) in [7, 11) is 1.61. The highest BCUT2D eigenvalue weighted by atomic mass is 16.5. The van der Waals surface area contributed by atoms with Crippen LogP contribution in [0.15, 0.2) is 24.3 Å². The molecule has 2 aromatic rings. The van der Waals surface area contributed by atoms with Gasteiger partial charge in [-0.15, -0.1) is 5.10 Å². The molecule has 0 aliphatic carbocycles. The molecular formula is C20H27N5O3. The van der Waals surface area contributed by atoms with Gasteiger partial charge in [0.25, 0.3) is 5.91 Å². The third kappa shape index (κ3) is 4.32. The number of rotatable bonds is 6. The Bertz CT molecular complexity index is 848. The van der Waals surface area contributed by atoms with Crippen molar-refractivity contribution in [2.24, 2.45) is 0 Å². The smallest absolute Gasteiger partial charge is 0.276 e. The van der Waals surface area contributed by atoms with Crippen LogP contribution in [0.3, 0.4) is 0 Å². The molecule has 28 heavy (non-hydrogen) atoms. The van der Waals surface area contributed by atoms with E-state index in [0.29, 0.717) is 36.6 Å². The van der Waals surface area contributed by atoms with Crippen molar-refractivity contribution in [3.63, 3.8) is 0 Å². The Morgan fingerprint density at radius 2 is 2.18 bits per heavy atom. The fraction of sp³-hybridized carbons (Fsp3) is 0.500. The molecule has 8 nitrogen and oxygen atoms in total. The van der Waals surface area contributed by atoms with Gasteiger partial charge in [0, 0.05) is 31.6 Å². The molecule has 8 heteroatoms. The Labute approximate surface area is 164 Å². The third-order valence-corrected chi connectivity index (χ3v) is 4.95. The third-order valence-electron chi connectivity index (χ3n) is 4.95. The van der Waals surface area contributed by atoms with Crippen LogP contribution in [-0.4, -0.2) is 57.9 Å². The normalized spacial score (nSPS) is 16.7. The topological polar surface area (TPSA) is 89.4 Å². The predicted molar refractivity (Wildman–Crippen MR) is 105 cm³/mol. The maximum atomic E-state index is 13.0. The number of nitrogens with zero attached hydrogens (tertiary/aromatic N) is 4. The highest BCUT2D eigenvalue weighted by molar-refractivity contribution is 5.93. The van der Waals surface area contributed by atoms with Gasteiger partial charge < -0.3 is 15.0 Å². The Morgan fingerprint density at radius 3 is 2.93 bits per heavy atom. The highest BCUT2D eigenvalue weighted by Crippen LogP contribution is 2.20. The molecule has 2 amide bonds. The van der Waals surface area contributed by atoms with E-state index in [1.165, 1.54) is 0 Å². The van der Waals surface area contributed by atoms with Gasteiger partial charge in [0.1, 0.15) is 5.75 Å². The maximum Gasteiger partial charge on any atom is 0.276 e. The largest absolute Gasteiger partial charge is 0.497 e. The number of hydrogen-bond donors (Lipinski definition) is 1. The van der Waals surface area contributed by atoms with Gasteiger partial charge in [-0.05, 0) is 38.3 Å². The molecule has 0 radical (unpaired) electrons. The summed E-state index contributed by atoms with van der Waals surface area (Å²) >= 11 is 0. The average Bonchev–Trinajstić information content (AvgIpc) is 3.09. The lowest BCUT2D eigenvalue weighted by atomic mass is 10.0. The molecule has 1 fully saturated rings. The molecule has 0 bridgehead atoms. The zero-order valence-corrected chi connectivity index (χ0v) is 16.6. The first kappa shape index (κ1) is 19.9. The van der Waals surface area contributed by atoms with Crippen LogP contribution in [0.5, 0.6) is 5.75 Å². The highest BCUT2D eigenvalue weighted by Gasteiger charge is 2.28. The van der Waals surface area contributed by atoms with Gasteiger partial charge >= 0.3 is 0 Å². The lowest BCUT2D eigenvalue weighted by Crippen LogP contribution is -2.49. The Morgan fingerprint density at radius 1 is 1.36 bits per heavy atom. The van der Waals surface area contributed by atoms with Crippen LogP contribution < -0.4 is 10.1 Å². The van der Waals surface area contributed by atoms with Gasteiger partial charge in [0.2, 0.25) is 5.91 Å². The summed E-state index contributed by atoms with van der Waals surface area (Å²) in [4.78, 5) is 26.6. The average molecular weight is 385 g/mol. The van der Waals surface area contributed by atoms with Gasteiger partial charge in [-0.1, -0.05) is 18.2 Å². The van der Waals surface area contributed by atoms with Crippen LogP contribution in [-0.2, 0) is 4.79 Å². The Balaban J connectivity index is 1.74. The Hall–Kier alpha value is -2.90. The minimum absolute atomic E-state index is 0.00881. The number of methoxy groups -OCH3 is 1. The fourth-order valence-electron chi connectivity index (χ4n) is 3.47. The maximum absolute atomic E-state index is 13.0. The van der Waals surface area contributed by atoms with Gasteiger partial charge in [-0.3, -0.25) is 9.59 Å². The van der Waals surface area contributed by atoms with Crippen molar-refractivity contribution in [2.45, 2.75) is 45.6 Å². The predicted octanol–water partition coefficient (Wildman–Crippen LogP) is 2.11. The second-order valence-corrected chi connectivity index (χ2v) is 7.04. The van der Waals surface area contributed by atoms with Crippen molar-refractivity contribution in [2.75, 3.05) is 20.2 Å². The number of carbonyl (C=O) groups is 2. The number of ether oxygens (including phenoxy) is 1. The molecule has 1 aromatic carbocycles. The summed E-state index contributed by atoms with van der Waals surface area (Å²) < 4.78 is 6.89. The zero-order valence-electron chi connectivity index (χ0n) is 16.6. The molecule has 1 aromatic heterocycles. The molecule has 2 heterocycles. The van der Waals surface area contributed by atoms with Crippen molar-refractivity contribution >= 4 is 11.8 Å². The van der Waals surface area contributed by atoms with Crippen molar-refractivity contribution < 1.29 is 14.3 Å². The van der Waals surface area contributed by atoms with E-state index in [2.05, 4.69) is 15.6 Å². The standard InChI is InChI=1S/C20H27N5O3/c1-4-7-18(26)21-15-8-6-11-24(13-15)20(27)19-14(2)25(23-22-19)16-9-5-10-17(12-16)28-3/h5,9-10,12,15H,4,6-8,11,13H2,1-3H3,(H,21,26). The van der Waals surface area contributed by atoms with Gasteiger partial charge in [0.05, 0.1) is 18.5 Å². The summed E-state index contributed by atoms with van der Waals surface area (Å²) in [6.45, 7) is 4.96. The molecule has 1 unspecified atom stereocenters. The monoisotopic (exact) mass is 385 g/mol. The van der Waals surface area contributed by atoms with Crippen molar-refractivity contribution in [1.29, 1.82) is 0 Å². The van der Waals surface area contributed by atoms with Crippen LogP contribution in [0.1, 0.15) is 48.8 Å². The number of hydrogen-bond acceptors (Lipinski definition) is 5. The van der Waals surface area contributed by atoms with Crippen molar-refractivity contribution in [3.05, 3.63) is 35.7 Å². The first-order valence-electron chi connectivity index (χ1n) is 9.68. The van der Waals surface area contributed by atoms with Crippen molar-refractivity contribution in [1.82, 2.24) is 25.2 Å². The molecular weight excluding hydrogens is 358 g/mol. The summed E-state index contributed by atoms with van der Waals surface area (Å²) in [5.41, 5.74) is 1.80. The number of amides is 2. The number of piperidine rings is 1. The second kappa shape index (κ2) is 8.86. The summed E-state index contributed by atoms with van der Waals surface area (Å²) in [5, 5.41) is 11.3. The van der Waals surface area contributed by atoms with Crippen LogP contribution in [0.4, 0.5) is 0 Å². The van der Waals surface area contributed by atoms with Crippen molar-refractivity contribution in [3.8, 4) is 11.4 Å². The van der Waals surface area contributed by atoms with E-state index < -0.39 is 0 Å². The lowest BCUT2D eigenvalue weighted by Gasteiger charge is -2.32. The fourth-order valence-corrected chi connectivity index (χ4v) is 3.47. The van der Waals surface area contributed by atoms with E-state index in [1.54, 1.807) is 16.7 Å². The van der Waals surface area contributed by atoms with E-state index in [0.717, 1.165) is 24.9 Å². The number of carbonyl (C=O) groups excluding carboxylic acids is 2. The van der Waals surface area contributed by atoms with Crippen LogP contribution in [0.2, 0.25) is 0 Å². The van der Waals surface area contributed by atoms with Gasteiger partial charge in [-0.2, -0.15) is 0 Å². The minimum atomic E-state index is -0.152. The molecule has 1 atom stereocenters. The quantitative estimate of drug-likeness (QED) is 0.823. The molecule has 0 saturated carbocycles. The number of aromatic nitrogens is 3. The van der Waals surface area contributed by atoms with Crippen LogP contribution in [0.25, 0.3) is 5.69 Å². The number of benzene rings is 1. The molecule has 1 N–H and O–H groups in total. The number of likely N-dealkylation sites (tertiary alicyclic amines) is 1. The molecule has 1 aliphatic heterocycles. The van der Waals surface area contributed by atoms with Crippen LogP contribution >= 0.6 is 0 Å². The van der Waals surface area contributed by atoms with E-state index in [4.69, 9.17) is 4.74 Å². The summed E-state index contributed by atoms with van der Waals surface area (Å²) in [6.07, 6.45) is 3.06. The van der Waals surface area contributed by atoms with Crippen LogP contribution in [0, 0.1) is 6.92 Å². The first-order chi connectivity index (χ1) is 13.5. The second-order valence-electron chi connectivity index (χ2n) is 7.04. The first-order valence-corrected chi connectivity index (χ1v) is 9.68. The molecule has 1 aliphatic rings. The SMILES string of the molecule is CCCC(=O)NC1CCCN(C(=O)c2nnn(-c3cccc(OC)c3)c2C)C1. The zero-order chi connectivity index (χ0) is 20.1. The lowest BCUT2D eigenvalue weighted by molar-refractivity contribution is -0.122. The Kier molecular flexibility index (Phi) is 6.28. The summed E-state index contributed by atoms with van der Waals surface area (Å²) in [5.74, 6) is 0.602.